The molecule has 0 N–H and O–H groups in total. The summed E-state index contributed by atoms with van der Waals surface area (Å²) in [5.74, 6) is 0.507. The van der Waals surface area contributed by atoms with Crippen molar-refractivity contribution in [1.82, 2.24) is 0 Å². The van der Waals surface area contributed by atoms with Crippen molar-refractivity contribution in [3.05, 3.63) is 125 Å². The first-order valence-electron chi connectivity index (χ1n) is 13.4. The maximum atomic E-state index is 2.39. The summed E-state index contributed by atoms with van der Waals surface area (Å²) in [6.07, 6.45) is 5.86. The van der Waals surface area contributed by atoms with E-state index in [1.807, 2.05) is 0 Å². The molecule has 0 spiro atoms. The van der Waals surface area contributed by atoms with Crippen LogP contribution in [0.4, 0.5) is 0 Å². The van der Waals surface area contributed by atoms with Crippen LogP contribution < -0.4 is 0 Å². The highest BCUT2D eigenvalue weighted by Crippen LogP contribution is 2.49. The summed E-state index contributed by atoms with van der Waals surface area (Å²) in [5.41, 5.74) is 10.9. The quantitative estimate of drug-likeness (QED) is 0.219. The first kappa shape index (κ1) is 22.1. The van der Waals surface area contributed by atoms with Crippen LogP contribution in [0.25, 0.3) is 60.6 Å². The van der Waals surface area contributed by atoms with Gasteiger partial charge >= 0.3 is 0 Å². The van der Waals surface area contributed by atoms with E-state index in [2.05, 4.69) is 130 Å². The summed E-state index contributed by atoms with van der Waals surface area (Å²) < 4.78 is 0. The van der Waals surface area contributed by atoms with Crippen LogP contribution in [0.15, 0.2) is 103 Å². The van der Waals surface area contributed by atoms with Crippen LogP contribution in [0.5, 0.6) is 0 Å². The smallest absolute Gasteiger partial charge is 0.00140 e. The third-order valence-electron chi connectivity index (χ3n) is 8.35. The van der Waals surface area contributed by atoms with Gasteiger partial charge in [0.05, 0.1) is 0 Å². The zero-order valence-corrected chi connectivity index (χ0v) is 21.7. The van der Waals surface area contributed by atoms with Gasteiger partial charge in [0.25, 0.3) is 0 Å². The van der Waals surface area contributed by atoms with Crippen LogP contribution >= 0.6 is 0 Å². The summed E-state index contributed by atoms with van der Waals surface area (Å²) in [7, 11) is 0. The molecule has 0 saturated heterocycles. The molecule has 1 aliphatic carbocycles. The molecular formula is C37H30. The molecule has 7 rings (SSSR count). The van der Waals surface area contributed by atoms with Gasteiger partial charge in [-0.25, -0.2) is 0 Å². The molecule has 0 bridgehead atoms. The van der Waals surface area contributed by atoms with Crippen LogP contribution in [0, 0.1) is 13.8 Å². The van der Waals surface area contributed by atoms with Crippen LogP contribution in [-0.4, -0.2) is 0 Å². The Morgan fingerprint density at radius 2 is 1.03 bits per heavy atom. The van der Waals surface area contributed by atoms with E-state index in [9.17, 15) is 0 Å². The molecule has 0 fully saturated rings. The third-order valence-corrected chi connectivity index (χ3v) is 8.35. The number of hydrogen-bond acceptors (Lipinski definition) is 0. The molecule has 6 aromatic rings. The second-order valence-electron chi connectivity index (χ2n) is 10.6. The molecule has 0 heterocycles. The second-order valence-corrected chi connectivity index (χ2v) is 10.6. The van der Waals surface area contributed by atoms with E-state index in [4.69, 9.17) is 0 Å². The summed E-state index contributed by atoms with van der Waals surface area (Å²) in [5, 5.41) is 7.97. The summed E-state index contributed by atoms with van der Waals surface area (Å²) >= 11 is 0. The minimum Gasteiger partial charge on any atom is -0.0833 e. The second kappa shape index (κ2) is 8.46. The first-order chi connectivity index (χ1) is 18.1. The van der Waals surface area contributed by atoms with E-state index in [0.717, 1.165) is 6.42 Å². The lowest BCUT2D eigenvalue weighted by Crippen LogP contribution is -2.06. The van der Waals surface area contributed by atoms with Crippen molar-refractivity contribution in [3.63, 3.8) is 0 Å². The van der Waals surface area contributed by atoms with Gasteiger partial charge in [-0.2, -0.15) is 0 Å². The Balaban J connectivity index is 1.72. The maximum Gasteiger partial charge on any atom is -0.00140 e. The SMILES string of the molecule is Cc1ccc(-c2c3ccccc3c(-c3c4c(c(C)c5ccccc35)C(C)CC=C4)c3ccccc23)cc1. The van der Waals surface area contributed by atoms with Gasteiger partial charge in [-0.05, 0) is 97.4 Å². The zero-order valence-electron chi connectivity index (χ0n) is 21.7. The Morgan fingerprint density at radius 1 is 0.541 bits per heavy atom. The Morgan fingerprint density at radius 3 is 1.59 bits per heavy atom. The molecule has 0 nitrogen and oxygen atoms in total. The van der Waals surface area contributed by atoms with Crippen molar-refractivity contribution in [2.24, 2.45) is 0 Å². The van der Waals surface area contributed by atoms with Crippen LogP contribution in [0.1, 0.15) is 41.5 Å². The van der Waals surface area contributed by atoms with Crippen molar-refractivity contribution in [3.8, 4) is 22.3 Å². The Kier molecular flexibility index (Phi) is 5.04. The van der Waals surface area contributed by atoms with E-state index in [-0.39, 0.29) is 0 Å². The van der Waals surface area contributed by atoms with E-state index in [1.54, 1.807) is 0 Å². The Labute approximate surface area is 218 Å². The Bertz CT molecular complexity index is 1810. The lowest BCUT2D eigenvalue weighted by Gasteiger charge is -2.27. The van der Waals surface area contributed by atoms with Crippen LogP contribution in [0.2, 0.25) is 0 Å². The van der Waals surface area contributed by atoms with Gasteiger partial charge in [-0.3, -0.25) is 0 Å². The lowest BCUT2D eigenvalue weighted by molar-refractivity contribution is 0.767. The monoisotopic (exact) mass is 474 g/mol. The third kappa shape index (κ3) is 3.29. The normalized spacial score (nSPS) is 14.9. The number of fused-ring (bicyclic) bond motifs is 4. The van der Waals surface area contributed by atoms with Gasteiger partial charge < -0.3 is 0 Å². The molecule has 0 aliphatic heterocycles. The highest BCUT2D eigenvalue weighted by molar-refractivity contribution is 6.24. The van der Waals surface area contributed by atoms with Crippen molar-refractivity contribution in [1.29, 1.82) is 0 Å². The molecule has 6 aromatic carbocycles. The van der Waals surface area contributed by atoms with E-state index in [1.165, 1.54) is 76.8 Å². The van der Waals surface area contributed by atoms with Crippen LogP contribution in [0.3, 0.4) is 0 Å². The number of rotatable bonds is 2. The van der Waals surface area contributed by atoms with E-state index < -0.39 is 0 Å². The molecule has 0 aromatic heterocycles. The highest BCUT2D eigenvalue weighted by Gasteiger charge is 2.25. The molecule has 0 radical (unpaired) electrons. The van der Waals surface area contributed by atoms with Gasteiger partial charge in [-0.1, -0.05) is 122 Å². The lowest BCUT2D eigenvalue weighted by atomic mass is 9.76. The van der Waals surface area contributed by atoms with Gasteiger partial charge in [0.1, 0.15) is 0 Å². The predicted molar refractivity (Wildman–Crippen MR) is 161 cm³/mol. The molecule has 0 heteroatoms. The van der Waals surface area contributed by atoms with Crippen LogP contribution in [-0.2, 0) is 0 Å². The number of hydrogen-bond donors (Lipinski definition) is 0. The standard InChI is InChI=1S/C37H30/c1-23-19-21-26(22-20-23)35-29-14-6-8-16-31(29)36(32-17-9-7-15-30(32)35)37-28-13-5-4-12-27(28)25(3)34-24(2)11-10-18-33(34)37/h4-10,12-22,24H,11H2,1-3H3. The zero-order chi connectivity index (χ0) is 25.1. The van der Waals surface area contributed by atoms with Gasteiger partial charge in [-0.15, -0.1) is 0 Å². The van der Waals surface area contributed by atoms with E-state index >= 15 is 0 Å². The minimum atomic E-state index is 0.507. The maximum absolute atomic E-state index is 2.39. The van der Waals surface area contributed by atoms with Crippen molar-refractivity contribution in [2.75, 3.05) is 0 Å². The fraction of sp³-hybridized carbons (Fsp3) is 0.135. The van der Waals surface area contributed by atoms with Gasteiger partial charge in [0, 0.05) is 0 Å². The molecule has 37 heavy (non-hydrogen) atoms. The molecule has 0 saturated carbocycles. The average molecular weight is 475 g/mol. The summed E-state index contributed by atoms with van der Waals surface area (Å²) in [6, 6.07) is 36.0. The first-order valence-corrected chi connectivity index (χ1v) is 13.4. The van der Waals surface area contributed by atoms with Crippen molar-refractivity contribution < 1.29 is 0 Å². The minimum absolute atomic E-state index is 0.507. The summed E-state index contributed by atoms with van der Waals surface area (Å²) in [4.78, 5) is 0. The predicted octanol–water partition coefficient (Wildman–Crippen LogP) is 10.6. The molecule has 178 valence electrons. The number of benzene rings is 6. The highest BCUT2D eigenvalue weighted by atomic mass is 14.3. The van der Waals surface area contributed by atoms with Crippen molar-refractivity contribution >= 4 is 38.4 Å². The van der Waals surface area contributed by atoms with Gasteiger partial charge in [0.2, 0.25) is 0 Å². The summed E-state index contributed by atoms with van der Waals surface area (Å²) in [6.45, 7) is 6.85. The fourth-order valence-electron chi connectivity index (χ4n) is 6.67. The van der Waals surface area contributed by atoms with E-state index in [0.29, 0.717) is 5.92 Å². The fourth-order valence-corrected chi connectivity index (χ4v) is 6.67. The molecule has 1 aliphatic rings. The molecular weight excluding hydrogens is 444 g/mol. The molecule has 1 atom stereocenters. The largest absolute Gasteiger partial charge is 0.0833 e. The van der Waals surface area contributed by atoms with Gasteiger partial charge in [0.15, 0.2) is 0 Å². The average Bonchev–Trinajstić information content (AvgIpc) is 2.93. The number of aryl methyl sites for hydroxylation is 2. The topological polar surface area (TPSA) is 0 Å². The van der Waals surface area contributed by atoms with Crippen molar-refractivity contribution in [2.45, 2.75) is 33.1 Å². The molecule has 0 amide bonds. The molecule has 1 unspecified atom stereocenters. The number of allylic oxidation sites excluding steroid dienone is 1. The Hall–Kier alpha value is -4.16.